The summed E-state index contributed by atoms with van der Waals surface area (Å²) in [5.74, 6) is 0.916. The van der Waals surface area contributed by atoms with Gasteiger partial charge < -0.3 is 10.2 Å². The number of ketones is 2. The van der Waals surface area contributed by atoms with Crippen LogP contribution in [0, 0.1) is 28.6 Å². The average molecular weight is 344 g/mol. The standard InChI is InChI=1S/C21H28O4/c1-12(22)21(25)9-7-16-15-5-4-13-10-14(23)11-18(24)20(13,3)17(15)6-8-19(16,21)2/h10-11,15-17,24-25H,4-9H2,1-3H3/t15-,16-,17-,19-,20-,21-/m0/s1. The van der Waals surface area contributed by atoms with Crippen LogP contribution in [-0.4, -0.2) is 27.4 Å². The first-order chi connectivity index (χ1) is 11.6. The first kappa shape index (κ1) is 17.0. The van der Waals surface area contributed by atoms with Gasteiger partial charge >= 0.3 is 0 Å². The summed E-state index contributed by atoms with van der Waals surface area (Å²) in [6.07, 6.45) is 7.95. The number of rotatable bonds is 1. The van der Waals surface area contributed by atoms with Crippen molar-refractivity contribution in [2.45, 2.75) is 64.9 Å². The lowest BCUT2D eigenvalue weighted by Gasteiger charge is -2.58. The van der Waals surface area contributed by atoms with Crippen LogP contribution >= 0.6 is 0 Å². The van der Waals surface area contributed by atoms with Crippen LogP contribution < -0.4 is 0 Å². The molecule has 0 aromatic heterocycles. The smallest absolute Gasteiger partial charge is 0.181 e. The van der Waals surface area contributed by atoms with E-state index in [9.17, 15) is 19.8 Å². The minimum absolute atomic E-state index is 0.107. The third kappa shape index (κ3) is 1.92. The lowest BCUT2D eigenvalue weighted by Crippen LogP contribution is -2.57. The van der Waals surface area contributed by atoms with E-state index < -0.39 is 11.0 Å². The molecule has 4 nitrogen and oxygen atoms in total. The largest absolute Gasteiger partial charge is 0.511 e. The predicted octanol–water partition coefficient (Wildman–Crippen LogP) is 3.50. The Morgan fingerprint density at radius 2 is 1.80 bits per heavy atom. The fraction of sp³-hybridized carbons (Fsp3) is 0.714. The first-order valence-corrected chi connectivity index (χ1v) is 9.54. The molecule has 0 aromatic rings. The molecule has 0 radical (unpaired) electrons. The van der Waals surface area contributed by atoms with Gasteiger partial charge in [-0.3, -0.25) is 9.59 Å². The maximum atomic E-state index is 12.2. The van der Waals surface area contributed by atoms with Crippen molar-refractivity contribution in [3.05, 3.63) is 23.5 Å². The fourth-order valence-corrected chi connectivity index (χ4v) is 6.90. The summed E-state index contributed by atoms with van der Waals surface area (Å²) in [5.41, 5.74) is -0.988. The summed E-state index contributed by atoms with van der Waals surface area (Å²) in [7, 11) is 0. The van der Waals surface area contributed by atoms with Gasteiger partial charge in [-0.25, -0.2) is 0 Å². The Balaban J connectivity index is 1.74. The molecule has 3 fully saturated rings. The SMILES string of the molecule is CC(=O)[C@@]1(O)CC[C@H]2[C@@H]3CCC4=CC(=O)C=C(O)[C@]4(C)[C@H]3CC[C@@]21C. The second-order valence-electron chi connectivity index (χ2n) is 9.13. The zero-order valence-electron chi connectivity index (χ0n) is 15.3. The predicted molar refractivity (Wildman–Crippen MR) is 93.8 cm³/mol. The van der Waals surface area contributed by atoms with Gasteiger partial charge in [0.25, 0.3) is 0 Å². The van der Waals surface area contributed by atoms with Crippen molar-refractivity contribution in [1.29, 1.82) is 0 Å². The molecule has 0 heterocycles. The van der Waals surface area contributed by atoms with E-state index in [0.717, 1.165) is 37.7 Å². The monoisotopic (exact) mass is 344 g/mol. The molecule has 0 amide bonds. The Kier molecular flexibility index (Phi) is 3.45. The highest BCUT2D eigenvalue weighted by atomic mass is 16.3. The van der Waals surface area contributed by atoms with Gasteiger partial charge in [0, 0.05) is 16.9 Å². The van der Waals surface area contributed by atoms with Crippen LogP contribution in [-0.2, 0) is 9.59 Å². The molecule has 136 valence electrons. The lowest BCUT2D eigenvalue weighted by molar-refractivity contribution is -0.159. The van der Waals surface area contributed by atoms with E-state index in [1.807, 2.05) is 0 Å². The van der Waals surface area contributed by atoms with E-state index in [1.165, 1.54) is 13.0 Å². The molecule has 0 bridgehead atoms. The summed E-state index contributed by atoms with van der Waals surface area (Å²) in [5, 5.41) is 21.8. The molecule has 0 aromatic carbocycles. The fourth-order valence-electron chi connectivity index (χ4n) is 6.90. The van der Waals surface area contributed by atoms with E-state index in [2.05, 4.69) is 13.8 Å². The van der Waals surface area contributed by atoms with E-state index in [-0.39, 0.29) is 28.7 Å². The number of aliphatic hydroxyl groups is 2. The molecule has 0 spiro atoms. The number of hydrogen-bond acceptors (Lipinski definition) is 4. The van der Waals surface area contributed by atoms with Gasteiger partial charge in [-0.1, -0.05) is 12.5 Å². The number of carbonyl (C=O) groups excluding carboxylic acids is 2. The Hall–Kier alpha value is -1.42. The molecule has 4 aliphatic carbocycles. The molecule has 0 saturated heterocycles. The van der Waals surface area contributed by atoms with Crippen molar-refractivity contribution in [1.82, 2.24) is 0 Å². The molecule has 6 atom stereocenters. The highest BCUT2D eigenvalue weighted by molar-refractivity contribution is 6.01. The molecule has 4 rings (SSSR count). The van der Waals surface area contributed by atoms with Crippen molar-refractivity contribution >= 4 is 11.6 Å². The average Bonchev–Trinajstić information content (AvgIpc) is 2.82. The highest BCUT2D eigenvalue weighted by Gasteiger charge is 2.66. The normalized spacial score (nSPS) is 48.8. The Bertz CT molecular complexity index is 719. The minimum atomic E-state index is -1.21. The maximum Gasteiger partial charge on any atom is 0.181 e. The first-order valence-electron chi connectivity index (χ1n) is 9.54. The number of hydrogen-bond donors (Lipinski definition) is 2. The number of aliphatic hydroxyl groups excluding tert-OH is 1. The zero-order chi connectivity index (χ0) is 18.2. The Morgan fingerprint density at radius 1 is 1.12 bits per heavy atom. The van der Waals surface area contributed by atoms with Crippen molar-refractivity contribution in [2.24, 2.45) is 28.6 Å². The maximum absolute atomic E-state index is 12.2. The quantitative estimate of drug-likeness (QED) is 0.763. The van der Waals surface area contributed by atoms with Gasteiger partial charge in [0.1, 0.15) is 11.4 Å². The van der Waals surface area contributed by atoms with Crippen LogP contribution in [0.2, 0.25) is 0 Å². The summed E-state index contributed by atoms with van der Waals surface area (Å²) in [4.78, 5) is 24.1. The Labute approximate surface area is 149 Å². The van der Waals surface area contributed by atoms with Crippen molar-refractivity contribution in [2.75, 3.05) is 0 Å². The third-order valence-corrected chi connectivity index (χ3v) is 8.45. The molecule has 0 unspecified atom stereocenters. The van der Waals surface area contributed by atoms with Gasteiger partial charge in [0.15, 0.2) is 11.6 Å². The van der Waals surface area contributed by atoms with Gasteiger partial charge in [-0.2, -0.15) is 0 Å². The van der Waals surface area contributed by atoms with Crippen molar-refractivity contribution < 1.29 is 19.8 Å². The van der Waals surface area contributed by atoms with Crippen LogP contribution in [0.1, 0.15) is 59.3 Å². The lowest BCUT2D eigenvalue weighted by atomic mass is 9.46. The molecule has 4 heteroatoms. The molecule has 4 aliphatic rings. The summed E-state index contributed by atoms with van der Waals surface area (Å²) in [6, 6.07) is 0. The topological polar surface area (TPSA) is 74.6 Å². The van der Waals surface area contributed by atoms with Gasteiger partial charge in [0.05, 0.1) is 0 Å². The van der Waals surface area contributed by atoms with Crippen LogP contribution in [0.4, 0.5) is 0 Å². The van der Waals surface area contributed by atoms with Gasteiger partial charge in [-0.15, -0.1) is 0 Å². The van der Waals surface area contributed by atoms with E-state index in [4.69, 9.17) is 0 Å². The third-order valence-electron chi connectivity index (χ3n) is 8.45. The number of carbonyl (C=O) groups is 2. The number of Topliss-reactive ketones (excluding diaryl/α,β-unsaturated/α-hetero) is 1. The molecule has 0 aliphatic heterocycles. The van der Waals surface area contributed by atoms with E-state index in [1.54, 1.807) is 6.08 Å². The summed E-state index contributed by atoms with van der Waals surface area (Å²) < 4.78 is 0. The highest BCUT2D eigenvalue weighted by Crippen LogP contribution is 2.67. The molecular formula is C21H28O4. The van der Waals surface area contributed by atoms with Crippen LogP contribution in [0.5, 0.6) is 0 Å². The number of allylic oxidation sites excluding steroid dienone is 3. The summed E-state index contributed by atoms with van der Waals surface area (Å²) >= 11 is 0. The Morgan fingerprint density at radius 3 is 2.48 bits per heavy atom. The van der Waals surface area contributed by atoms with Crippen LogP contribution in [0.15, 0.2) is 23.5 Å². The molecule has 3 saturated carbocycles. The minimum Gasteiger partial charge on any atom is -0.511 e. The second kappa shape index (κ2) is 5.06. The van der Waals surface area contributed by atoms with Crippen LogP contribution in [0.25, 0.3) is 0 Å². The summed E-state index contributed by atoms with van der Waals surface area (Å²) in [6.45, 7) is 5.68. The van der Waals surface area contributed by atoms with E-state index >= 15 is 0 Å². The van der Waals surface area contributed by atoms with Crippen LogP contribution in [0.3, 0.4) is 0 Å². The molecular weight excluding hydrogens is 316 g/mol. The van der Waals surface area contributed by atoms with Crippen molar-refractivity contribution in [3.8, 4) is 0 Å². The van der Waals surface area contributed by atoms with Crippen molar-refractivity contribution in [3.63, 3.8) is 0 Å². The molecule has 25 heavy (non-hydrogen) atoms. The number of fused-ring (bicyclic) bond motifs is 5. The zero-order valence-corrected chi connectivity index (χ0v) is 15.3. The van der Waals surface area contributed by atoms with Gasteiger partial charge in [0.2, 0.25) is 0 Å². The van der Waals surface area contributed by atoms with E-state index in [0.29, 0.717) is 18.3 Å². The second-order valence-corrected chi connectivity index (χ2v) is 9.13. The van der Waals surface area contributed by atoms with Gasteiger partial charge in [-0.05, 0) is 76.2 Å². The molecule has 2 N–H and O–H groups in total.